The topological polar surface area (TPSA) is 99.9 Å². The van der Waals surface area contributed by atoms with E-state index in [-0.39, 0.29) is 17.4 Å². The van der Waals surface area contributed by atoms with Crippen molar-refractivity contribution in [2.75, 3.05) is 49.5 Å². The molecule has 2 fully saturated rings. The molecule has 0 aliphatic carbocycles. The number of hydrogen-bond donors (Lipinski definition) is 3. The number of hydrogen-bond acceptors (Lipinski definition) is 9. The highest BCUT2D eigenvalue weighted by molar-refractivity contribution is 7.77. The molecule has 2 aromatic rings. The lowest BCUT2D eigenvalue weighted by Crippen LogP contribution is -2.51. The Morgan fingerprint density at radius 3 is 2.44 bits per heavy atom. The highest BCUT2D eigenvalue weighted by Gasteiger charge is 2.27. The minimum absolute atomic E-state index is 0.0473. The highest BCUT2D eigenvalue weighted by Crippen LogP contribution is 2.27. The molecule has 1 aromatic heterocycles. The van der Waals surface area contributed by atoms with Gasteiger partial charge in [-0.1, -0.05) is 26.2 Å². The Morgan fingerprint density at radius 2 is 1.85 bits per heavy atom. The lowest BCUT2D eigenvalue weighted by atomic mass is 10.0. The Labute approximate surface area is 206 Å². The Kier molecular flexibility index (Phi) is 7.77. The van der Waals surface area contributed by atoms with Crippen LogP contribution in [0.2, 0.25) is 0 Å². The van der Waals surface area contributed by atoms with Crippen molar-refractivity contribution in [2.45, 2.75) is 32.2 Å². The molecule has 9 nitrogen and oxygen atoms in total. The largest absolute Gasteiger partial charge is 0.386 e. The fourth-order valence-corrected chi connectivity index (χ4v) is 4.72. The number of nitrogens with one attached hydrogen (secondary N) is 1. The number of piperidine rings is 1. The zero-order valence-corrected chi connectivity index (χ0v) is 20.3. The second-order valence-corrected chi connectivity index (χ2v) is 9.06. The maximum atomic E-state index is 11.9. The van der Waals surface area contributed by atoms with E-state index in [2.05, 4.69) is 60.4 Å². The maximum absolute atomic E-state index is 11.9. The molecule has 0 spiro atoms. The summed E-state index contributed by atoms with van der Waals surface area (Å²) in [5.41, 5.74) is 7.98. The smallest absolute Gasteiger partial charge is 0.271 e. The van der Waals surface area contributed by atoms with Crippen LogP contribution in [-0.2, 0) is 6.42 Å². The number of carbonyl (C=O) groups is 1. The summed E-state index contributed by atoms with van der Waals surface area (Å²) in [7, 11) is 0. The van der Waals surface area contributed by atoms with Crippen LogP contribution in [0.4, 0.5) is 17.2 Å². The van der Waals surface area contributed by atoms with Gasteiger partial charge in [0, 0.05) is 56.7 Å². The molecule has 0 bridgehead atoms. The Balaban J connectivity index is 1.41. The van der Waals surface area contributed by atoms with Gasteiger partial charge in [0.15, 0.2) is 11.5 Å². The van der Waals surface area contributed by atoms with Crippen LogP contribution in [0, 0.1) is 12.5 Å². The molecule has 180 valence electrons. The molecule has 0 radical (unpaired) electrons. The quantitative estimate of drug-likeness (QED) is 0.409. The van der Waals surface area contributed by atoms with E-state index in [1.807, 2.05) is 19.1 Å². The predicted molar refractivity (Wildman–Crippen MR) is 136 cm³/mol. The van der Waals surface area contributed by atoms with Gasteiger partial charge in [0.2, 0.25) is 0 Å². The summed E-state index contributed by atoms with van der Waals surface area (Å²) in [5.74, 6) is -0.273. The van der Waals surface area contributed by atoms with Crippen molar-refractivity contribution >= 4 is 35.9 Å². The van der Waals surface area contributed by atoms with Crippen LogP contribution in [-0.4, -0.2) is 70.4 Å². The van der Waals surface area contributed by atoms with Crippen molar-refractivity contribution in [2.24, 2.45) is 5.73 Å². The SMILES string of the molecule is C#COc1nc(Nc2ccc(N3CCC(N4CCN(S)CC4)CC3)cc2)c(C(N)=O)nc1CC. The van der Waals surface area contributed by atoms with E-state index >= 15 is 0 Å². The van der Waals surface area contributed by atoms with E-state index in [4.69, 9.17) is 16.9 Å². The summed E-state index contributed by atoms with van der Waals surface area (Å²) in [4.78, 5) is 25.6. The van der Waals surface area contributed by atoms with Gasteiger partial charge in [0.05, 0.1) is 0 Å². The average molecular weight is 482 g/mol. The molecular weight excluding hydrogens is 450 g/mol. The summed E-state index contributed by atoms with van der Waals surface area (Å²) >= 11 is 4.46. The van der Waals surface area contributed by atoms with Crippen LogP contribution < -0.4 is 20.7 Å². The normalized spacial score (nSPS) is 17.9. The van der Waals surface area contributed by atoms with E-state index in [1.54, 1.807) is 0 Å². The number of aryl methyl sites for hydroxylation is 1. The Morgan fingerprint density at radius 1 is 1.18 bits per heavy atom. The number of thiol groups is 1. The van der Waals surface area contributed by atoms with Gasteiger partial charge >= 0.3 is 0 Å². The summed E-state index contributed by atoms with van der Waals surface area (Å²) in [6, 6.07) is 8.69. The standard InChI is InChI=1S/C24H31N7O2S/c1-3-20-24(33-4-2)28-23(21(27-20)22(25)32)26-17-5-7-18(8-6-17)29-11-9-19(10-12-29)30-13-15-31(34)16-14-30/h2,5-8,19,34H,3,9-16H2,1H3,(H2,25,32)(H,26,28). The first-order valence-electron chi connectivity index (χ1n) is 11.6. The van der Waals surface area contributed by atoms with Gasteiger partial charge in [-0.25, -0.2) is 4.98 Å². The fourth-order valence-electron chi connectivity index (χ4n) is 4.54. The number of nitrogens with zero attached hydrogens (tertiary/aromatic N) is 5. The van der Waals surface area contributed by atoms with E-state index in [9.17, 15) is 4.79 Å². The molecule has 1 amide bonds. The summed E-state index contributed by atoms with van der Waals surface area (Å²) in [5, 5.41) is 3.13. The van der Waals surface area contributed by atoms with Gasteiger partial charge in [0.25, 0.3) is 11.8 Å². The van der Waals surface area contributed by atoms with Crippen molar-refractivity contribution in [1.82, 2.24) is 19.2 Å². The van der Waals surface area contributed by atoms with E-state index < -0.39 is 5.91 Å². The number of anilines is 3. The van der Waals surface area contributed by atoms with Crippen LogP contribution >= 0.6 is 12.8 Å². The number of carbonyl (C=O) groups excluding carboxylic acids is 1. The predicted octanol–water partition coefficient (Wildman–Crippen LogP) is 2.28. The second kappa shape index (κ2) is 11.0. The first-order chi connectivity index (χ1) is 16.5. The van der Waals surface area contributed by atoms with Gasteiger partial charge in [-0.2, -0.15) is 4.98 Å². The molecule has 2 aliphatic heterocycles. The monoisotopic (exact) mass is 481 g/mol. The molecule has 4 rings (SSSR count). The Bertz CT molecular complexity index is 1040. The average Bonchev–Trinajstić information content (AvgIpc) is 2.85. The third-order valence-electron chi connectivity index (χ3n) is 6.42. The van der Waals surface area contributed by atoms with Gasteiger partial charge < -0.3 is 20.7 Å². The molecule has 3 N–H and O–H groups in total. The highest BCUT2D eigenvalue weighted by atomic mass is 32.1. The summed E-state index contributed by atoms with van der Waals surface area (Å²) < 4.78 is 7.24. The van der Waals surface area contributed by atoms with Crippen LogP contribution in [0.15, 0.2) is 24.3 Å². The fraction of sp³-hybridized carbons (Fsp3) is 0.458. The second-order valence-electron chi connectivity index (χ2n) is 8.49. The van der Waals surface area contributed by atoms with Crippen LogP contribution in [0.3, 0.4) is 0 Å². The van der Waals surface area contributed by atoms with Gasteiger partial charge in [-0.05, 0) is 43.5 Å². The van der Waals surface area contributed by atoms with Crippen LogP contribution in [0.5, 0.6) is 5.88 Å². The lowest BCUT2D eigenvalue weighted by Gasteiger charge is -2.42. The van der Waals surface area contributed by atoms with Gasteiger partial charge in [0.1, 0.15) is 11.8 Å². The van der Waals surface area contributed by atoms with Crippen LogP contribution in [0.1, 0.15) is 35.9 Å². The third kappa shape index (κ3) is 5.55. The molecule has 2 saturated heterocycles. The number of amides is 1. The minimum atomic E-state index is -0.674. The van der Waals surface area contributed by atoms with Gasteiger partial charge in [-0.3, -0.25) is 14.0 Å². The van der Waals surface area contributed by atoms with Crippen molar-refractivity contribution in [3.8, 4) is 18.4 Å². The van der Waals surface area contributed by atoms with Crippen LogP contribution in [0.25, 0.3) is 0 Å². The van der Waals surface area contributed by atoms with E-state index in [0.717, 1.165) is 57.8 Å². The number of aromatic nitrogens is 2. The molecule has 0 unspecified atom stereocenters. The van der Waals surface area contributed by atoms with Crippen molar-refractivity contribution in [3.05, 3.63) is 35.7 Å². The first-order valence-corrected chi connectivity index (χ1v) is 12.0. The molecule has 0 saturated carbocycles. The lowest BCUT2D eigenvalue weighted by molar-refractivity contribution is 0.0996. The number of primary amides is 1. The van der Waals surface area contributed by atoms with E-state index in [0.29, 0.717) is 18.2 Å². The summed E-state index contributed by atoms with van der Waals surface area (Å²) in [6.45, 7) is 8.17. The number of ether oxygens (including phenoxy) is 1. The number of rotatable bonds is 7. The molecular formula is C24H31N7O2S. The number of nitrogens with two attached hydrogens (primary N) is 1. The van der Waals surface area contributed by atoms with Crippen molar-refractivity contribution < 1.29 is 9.53 Å². The van der Waals surface area contributed by atoms with Crippen molar-refractivity contribution in [3.63, 3.8) is 0 Å². The minimum Gasteiger partial charge on any atom is -0.386 e. The first kappa shape index (κ1) is 24.1. The molecule has 2 aliphatic rings. The van der Waals surface area contributed by atoms with E-state index in [1.165, 1.54) is 5.69 Å². The Hall–Kier alpha value is -3.00. The number of benzene rings is 1. The third-order valence-corrected chi connectivity index (χ3v) is 6.82. The summed E-state index contributed by atoms with van der Waals surface area (Å²) in [6.07, 6.45) is 10.2. The molecule has 0 atom stereocenters. The molecule has 34 heavy (non-hydrogen) atoms. The zero-order chi connectivity index (χ0) is 24.1. The van der Waals surface area contributed by atoms with Crippen molar-refractivity contribution in [1.29, 1.82) is 0 Å². The molecule has 3 heterocycles. The maximum Gasteiger partial charge on any atom is 0.271 e. The number of piperazine rings is 1. The zero-order valence-electron chi connectivity index (χ0n) is 19.4. The molecule has 10 heteroatoms. The number of terminal acetylenes is 1. The molecule has 1 aromatic carbocycles. The van der Waals surface area contributed by atoms with Gasteiger partial charge in [-0.15, -0.1) is 0 Å².